The lowest BCUT2D eigenvalue weighted by atomic mass is 9.95. The number of esters is 4. The van der Waals surface area contributed by atoms with Crippen LogP contribution in [0.3, 0.4) is 0 Å². The fourth-order valence-corrected chi connectivity index (χ4v) is 4.39. The third-order valence-corrected chi connectivity index (χ3v) is 5.92. The van der Waals surface area contributed by atoms with Crippen molar-refractivity contribution in [2.24, 2.45) is 0 Å². The Labute approximate surface area is 198 Å². The van der Waals surface area contributed by atoms with E-state index in [2.05, 4.69) is 0 Å². The van der Waals surface area contributed by atoms with Crippen molar-refractivity contribution in [1.29, 1.82) is 0 Å². The summed E-state index contributed by atoms with van der Waals surface area (Å²) in [5.74, 6) is -1.94. The first kappa shape index (κ1) is 20.6. The van der Waals surface area contributed by atoms with E-state index in [0.717, 1.165) is 0 Å². The van der Waals surface area contributed by atoms with E-state index >= 15 is 0 Å². The molecule has 0 saturated carbocycles. The molecule has 168 valence electrons. The van der Waals surface area contributed by atoms with Crippen LogP contribution in [0.4, 0.5) is 0 Å². The molecule has 0 aromatic heterocycles. The number of carbonyl (C=O) groups is 4. The van der Waals surface area contributed by atoms with Crippen molar-refractivity contribution in [1.82, 2.24) is 0 Å². The van der Waals surface area contributed by atoms with Crippen molar-refractivity contribution in [2.45, 2.75) is 0 Å². The van der Waals surface area contributed by atoms with Crippen LogP contribution in [0.2, 0.25) is 0 Å². The summed E-state index contributed by atoms with van der Waals surface area (Å²) < 4.78 is 15.9. The van der Waals surface area contributed by atoms with Gasteiger partial charge < -0.3 is 14.2 Å². The second-order valence-corrected chi connectivity index (χ2v) is 7.90. The fraction of sp³-hybridized carbons (Fsp3) is 0. The Kier molecular flexibility index (Phi) is 4.57. The van der Waals surface area contributed by atoms with Crippen LogP contribution in [0.25, 0.3) is 22.3 Å². The number of fused-ring (bicyclic) bond motifs is 2. The monoisotopic (exact) mass is 462 g/mol. The van der Waals surface area contributed by atoms with Gasteiger partial charge in [0.05, 0.1) is 22.3 Å². The van der Waals surface area contributed by atoms with Gasteiger partial charge in [0.2, 0.25) is 0 Å². The Hall–Kier alpha value is -5.04. The first-order chi connectivity index (χ1) is 17.0. The number of carbonyl (C=O) groups excluding carboxylic acids is 4. The molecule has 6 rings (SSSR count). The molecule has 7 nitrogen and oxygen atoms in total. The van der Waals surface area contributed by atoms with Crippen LogP contribution >= 0.6 is 0 Å². The normalized spacial score (nSPS) is 13.8. The quantitative estimate of drug-likeness (QED) is 0.295. The van der Waals surface area contributed by atoms with Gasteiger partial charge in [0.15, 0.2) is 0 Å². The maximum absolute atomic E-state index is 12.4. The lowest BCUT2D eigenvalue weighted by molar-refractivity contribution is 0.0426. The van der Waals surface area contributed by atoms with Gasteiger partial charge in [-0.2, -0.15) is 0 Å². The minimum Gasteiger partial charge on any atom is -0.456 e. The summed E-state index contributed by atoms with van der Waals surface area (Å²) in [5, 5.41) is 0. The lowest BCUT2D eigenvalue weighted by Gasteiger charge is -2.16. The van der Waals surface area contributed by atoms with Crippen molar-refractivity contribution in [3.8, 4) is 33.8 Å². The molecule has 0 N–H and O–H groups in total. The van der Waals surface area contributed by atoms with Crippen molar-refractivity contribution in [3.05, 3.63) is 107 Å². The lowest BCUT2D eigenvalue weighted by Crippen LogP contribution is -2.00. The number of hydrogen-bond donors (Lipinski definition) is 0. The molecule has 35 heavy (non-hydrogen) atoms. The van der Waals surface area contributed by atoms with Gasteiger partial charge in [-0.15, -0.1) is 0 Å². The van der Waals surface area contributed by atoms with E-state index in [-0.39, 0.29) is 22.3 Å². The summed E-state index contributed by atoms with van der Waals surface area (Å²) in [6.45, 7) is 0. The Morgan fingerprint density at radius 1 is 0.400 bits per heavy atom. The number of hydrogen-bond acceptors (Lipinski definition) is 7. The van der Waals surface area contributed by atoms with Gasteiger partial charge >= 0.3 is 23.9 Å². The molecule has 7 heteroatoms. The maximum Gasteiger partial charge on any atom is 0.347 e. The number of cyclic esters (lactones) is 4. The number of rotatable bonds is 4. The zero-order valence-electron chi connectivity index (χ0n) is 17.9. The third-order valence-electron chi connectivity index (χ3n) is 5.92. The van der Waals surface area contributed by atoms with Crippen LogP contribution < -0.4 is 4.74 Å². The van der Waals surface area contributed by atoms with Gasteiger partial charge in [0.1, 0.15) is 11.5 Å². The van der Waals surface area contributed by atoms with Gasteiger partial charge in [0.25, 0.3) is 0 Å². The van der Waals surface area contributed by atoms with Crippen molar-refractivity contribution in [3.63, 3.8) is 0 Å². The third kappa shape index (κ3) is 3.21. The molecular weight excluding hydrogens is 448 g/mol. The Bertz CT molecular complexity index is 1480. The highest BCUT2D eigenvalue weighted by Crippen LogP contribution is 2.42. The average molecular weight is 462 g/mol. The van der Waals surface area contributed by atoms with E-state index in [1.54, 1.807) is 84.9 Å². The minimum absolute atomic E-state index is 0.184. The topological polar surface area (TPSA) is 96.0 Å². The molecular formula is C28H14O7. The molecule has 0 aliphatic carbocycles. The Morgan fingerprint density at radius 3 is 1.23 bits per heavy atom. The molecule has 0 bridgehead atoms. The smallest absolute Gasteiger partial charge is 0.347 e. The van der Waals surface area contributed by atoms with Gasteiger partial charge in [-0.25, -0.2) is 19.2 Å². The first-order valence-corrected chi connectivity index (χ1v) is 10.7. The van der Waals surface area contributed by atoms with Gasteiger partial charge in [-0.05, 0) is 24.3 Å². The molecule has 0 spiro atoms. The summed E-state index contributed by atoms with van der Waals surface area (Å²) >= 11 is 0. The second-order valence-electron chi connectivity index (χ2n) is 7.90. The zero-order chi connectivity index (χ0) is 24.1. The van der Waals surface area contributed by atoms with E-state index < -0.39 is 23.9 Å². The number of benzene rings is 4. The molecule has 0 radical (unpaired) electrons. The summed E-state index contributed by atoms with van der Waals surface area (Å²) in [6, 6.07) is 24.1. The highest BCUT2D eigenvalue weighted by Gasteiger charge is 2.34. The molecule has 4 aromatic rings. The fourth-order valence-electron chi connectivity index (χ4n) is 4.39. The number of ether oxygens (including phenoxy) is 3. The Balaban J connectivity index is 1.48. The van der Waals surface area contributed by atoms with Crippen LogP contribution in [0.1, 0.15) is 41.4 Å². The summed E-state index contributed by atoms with van der Waals surface area (Å²) in [6.07, 6.45) is 0. The largest absolute Gasteiger partial charge is 0.456 e. The van der Waals surface area contributed by atoms with Crippen molar-refractivity contribution in [2.75, 3.05) is 0 Å². The van der Waals surface area contributed by atoms with Gasteiger partial charge in [0, 0.05) is 22.3 Å². The maximum atomic E-state index is 12.4. The predicted molar refractivity (Wildman–Crippen MR) is 123 cm³/mol. The molecule has 0 amide bonds. The van der Waals surface area contributed by atoms with Crippen LogP contribution in [0, 0.1) is 0 Å². The van der Waals surface area contributed by atoms with E-state index in [9.17, 15) is 19.2 Å². The molecule has 2 heterocycles. The molecule has 0 saturated heterocycles. The molecule has 4 aromatic carbocycles. The molecule has 0 atom stereocenters. The minimum atomic E-state index is -0.709. The second kappa shape index (κ2) is 7.78. The number of para-hydroxylation sites is 2. The zero-order valence-corrected chi connectivity index (χ0v) is 17.9. The van der Waals surface area contributed by atoms with E-state index in [4.69, 9.17) is 14.2 Å². The van der Waals surface area contributed by atoms with Gasteiger partial charge in [-0.3, -0.25) is 0 Å². The van der Waals surface area contributed by atoms with Crippen molar-refractivity contribution >= 4 is 23.9 Å². The SMILES string of the molecule is O=C1OC(=O)c2c1cccc2-c1ccccc1Oc1ccccc1-c1cccc2c1C(=O)OC2=O. The van der Waals surface area contributed by atoms with Crippen LogP contribution in [0.5, 0.6) is 11.5 Å². The van der Waals surface area contributed by atoms with Crippen LogP contribution in [-0.2, 0) is 9.47 Å². The van der Waals surface area contributed by atoms with Gasteiger partial charge in [-0.1, -0.05) is 60.7 Å². The van der Waals surface area contributed by atoms with E-state index in [0.29, 0.717) is 33.8 Å². The molecule has 0 unspecified atom stereocenters. The van der Waals surface area contributed by atoms with E-state index in [1.807, 2.05) is 0 Å². The average Bonchev–Trinajstić information content (AvgIpc) is 3.34. The predicted octanol–water partition coefficient (Wildman–Crippen LogP) is 5.43. The highest BCUT2D eigenvalue weighted by molar-refractivity contribution is 6.19. The summed E-state index contributed by atoms with van der Waals surface area (Å²) in [4.78, 5) is 48.9. The van der Waals surface area contributed by atoms with Crippen LogP contribution in [-0.4, -0.2) is 23.9 Å². The van der Waals surface area contributed by atoms with Crippen LogP contribution in [0.15, 0.2) is 84.9 Å². The Morgan fingerprint density at radius 2 is 0.771 bits per heavy atom. The highest BCUT2D eigenvalue weighted by atomic mass is 16.6. The first-order valence-electron chi connectivity index (χ1n) is 10.7. The summed E-state index contributed by atoms with van der Waals surface area (Å²) in [5.41, 5.74) is 2.93. The summed E-state index contributed by atoms with van der Waals surface area (Å²) in [7, 11) is 0. The van der Waals surface area contributed by atoms with E-state index in [1.165, 1.54) is 0 Å². The molecule has 2 aliphatic heterocycles. The molecule has 0 fully saturated rings. The van der Waals surface area contributed by atoms with Crippen molar-refractivity contribution < 1.29 is 33.4 Å². The standard InChI is InChI=1S/C28H14O7/c29-25-19-11-5-9-17(23(19)27(31)34-25)15-7-1-3-13-21(15)33-22-14-4-2-8-16(22)18-10-6-12-20-24(18)28(32)35-26(20)30/h1-14H. The molecule has 2 aliphatic rings.